The highest BCUT2D eigenvalue weighted by Crippen LogP contribution is 2.15. The first-order valence-corrected chi connectivity index (χ1v) is 7.62. The standard InChI is InChI=1S/C13H22N4S/c1-3-11-9-15-12(18-11)10-16-13(14-4-2)17-7-5-6-8-17/h9H,3-8,10H2,1-2H3,(H,14,16). The van der Waals surface area contributed by atoms with E-state index in [0.29, 0.717) is 6.54 Å². The van der Waals surface area contributed by atoms with Gasteiger partial charge in [-0.25, -0.2) is 9.98 Å². The summed E-state index contributed by atoms with van der Waals surface area (Å²) in [4.78, 5) is 12.8. The van der Waals surface area contributed by atoms with E-state index >= 15 is 0 Å². The van der Waals surface area contributed by atoms with Gasteiger partial charge in [-0.3, -0.25) is 0 Å². The summed E-state index contributed by atoms with van der Waals surface area (Å²) in [6.45, 7) is 8.16. The van der Waals surface area contributed by atoms with Crippen LogP contribution in [-0.4, -0.2) is 35.5 Å². The number of hydrogen-bond donors (Lipinski definition) is 1. The predicted molar refractivity (Wildman–Crippen MR) is 77.1 cm³/mol. The minimum atomic E-state index is 0.698. The van der Waals surface area contributed by atoms with Gasteiger partial charge in [0.05, 0.1) is 6.54 Å². The van der Waals surface area contributed by atoms with Crippen LogP contribution >= 0.6 is 11.3 Å². The van der Waals surface area contributed by atoms with Crippen LogP contribution in [0, 0.1) is 0 Å². The summed E-state index contributed by atoms with van der Waals surface area (Å²) in [5.74, 6) is 1.04. The fourth-order valence-electron chi connectivity index (χ4n) is 2.08. The van der Waals surface area contributed by atoms with Crippen molar-refractivity contribution in [1.82, 2.24) is 15.2 Å². The van der Waals surface area contributed by atoms with Gasteiger partial charge < -0.3 is 10.2 Å². The van der Waals surface area contributed by atoms with Crippen LogP contribution in [0.3, 0.4) is 0 Å². The molecule has 1 aromatic rings. The molecule has 1 saturated heterocycles. The van der Waals surface area contributed by atoms with Crippen LogP contribution in [-0.2, 0) is 13.0 Å². The van der Waals surface area contributed by atoms with Crippen molar-refractivity contribution in [1.29, 1.82) is 0 Å². The Balaban J connectivity index is 1.98. The Morgan fingerprint density at radius 1 is 1.44 bits per heavy atom. The zero-order valence-electron chi connectivity index (χ0n) is 11.3. The Hall–Kier alpha value is -1.10. The zero-order chi connectivity index (χ0) is 12.8. The number of likely N-dealkylation sites (tertiary alicyclic amines) is 1. The summed E-state index contributed by atoms with van der Waals surface area (Å²) in [5, 5.41) is 4.48. The summed E-state index contributed by atoms with van der Waals surface area (Å²) >= 11 is 1.77. The highest BCUT2D eigenvalue weighted by molar-refractivity contribution is 7.11. The molecule has 1 aliphatic heterocycles. The molecule has 1 aromatic heterocycles. The van der Waals surface area contributed by atoms with E-state index in [1.165, 1.54) is 17.7 Å². The van der Waals surface area contributed by atoms with Crippen LogP contribution in [0.25, 0.3) is 0 Å². The Morgan fingerprint density at radius 2 is 2.22 bits per heavy atom. The SMILES string of the molecule is CCNC(=NCc1ncc(CC)s1)N1CCCC1. The molecule has 5 heteroatoms. The second kappa shape index (κ2) is 6.73. The van der Waals surface area contributed by atoms with E-state index in [1.807, 2.05) is 6.20 Å². The van der Waals surface area contributed by atoms with E-state index in [0.717, 1.165) is 37.0 Å². The van der Waals surface area contributed by atoms with Crippen molar-refractivity contribution in [2.45, 2.75) is 39.7 Å². The molecule has 18 heavy (non-hydrogen) atoms. The van der Waals surface area contributed by atoms with E-state index in [2.05, 4.69) is 29.0 Å². The fourth-order valence-corrected chi connectivity index (χ4v) is 2.87. The van der Waals surface area contributed by atoms with Crippen LogP contribution in [0.15, 0.2) is 11.2 Å². The number of guanidine groups is 1. The number of nitrogens with zero attached hydrogens (tertiary/aromatic N) is 3. The molecule has 2 heterocycles. The number of rotatable bonds is 4. The molecular formula is C13H22N4S. The van der Waals surface area contributed by atoms with E-state index in [-0.39, 0.29) is 0 Å². The first-order chi connectivity index (χ1) is 8.83. The van der Waals surface area contributed by atoms with Crippen molar-refractivity contribution < 1.29 is 0 Å². The van der Waals surface area contributed by atoms with Gasteiger partial charge in [0.25, 0.3) is 0 Å². The first kappa shape index (κ1) is 13.3. The lowest BCUT2D eigenvalue weighted by Crippen LogP contribution is -2.39. The summed E-state index contributed by atoms with van der Waals surface area (Å²) in [6, 6.07) is 0. The molecule has 4 nitrogen and oxygen atoms in total. The maximum Gasteiger partial charge on any atom is 0.194 e. The normalized spacial score (nSPS) is 16.3. The molecule has 0 atom stereocenters. The average molecular weight is 266 g/mol. The number of aliphatic imine (C=N–C) groups is 1. The van der Waals surface area contributed by atoms with Crippen LogP contribution in [0.4, 0.5) is 0 Å². The molecule has 0 aromatic carbocycles. The van der Waals surface area contributed by atoms with Crippen molar-refractivity contribution in [3.05, 3.63) is 16.1 Å². The summed E-state index contributed by atoms with van der Waals surface area (Å²) in [7, 11) is 0. The molecule has 1 aliphatic rings. The van der Waals surface area contributed by atoms with E-state index in [9.17, 15) is 0 Å². The molecule has 0 spiro atoms. The number of aryl methyl sites for hydroxylation is 1. The van der Waals surface area contributed by atoms with E-state index in [1.54, 1.807) is 11.3 Å². The van der Waals surface area contributed by atoms with Gasteiger partial charge in [0.1, 0.15) is 5.01 Å². The third-order valence-corrected chi connectivity index (χ3v) is 4.18. The van der Waals surface area contributed by atoms with Crippen molar-refractivity contribution in [3.8, 4) is 0 Å². The van der Waals surface area contributed by atoms with Crippen molar-refractivity contribution in [2.24, 2.45) is 4.99 Å². The molecule has 1 fully saturated rings. The van der Waals surface area contributed by atoms with Crippen molar-refractivity contribution >= 4 is 17.3 Å². The quantitative estimate of drug-likeness (QED) is 0.671. The molecule has 0 saturated carbocycles. The molecule has 0 bridgehead atoms. The van der Waals surface area contributed by atoms with E-state index < -0.39 is 0 Å². The predicted octanol–water partition coefficient (Wildman–Crippen LogP) is 2.27. The lowest BCUT2D eigenvalue weighted by atomic mass is 10.4. The van der Waals surface area contributed by atoms with Crippen LogP contribution in [0.2, 0.25) is 0 Å². The second-order valence-corrected chi connectivity index (χ2v) is 5.64. The molecule has 0 aliphatic carbocycles. The van der Waals surface area contributed by atoms with Gasteiger partial charge in [0.15, 0.2) is 5.96 Å². The summed E-state index contributed by atoms with van der Waals surface area (Å²) in [5.41, 5.74) is 0. The number of aromatic nitrogens is 1. The Labute approximate surface area is 113 Å². The second-order valence-electron chi connectivity index (χ2n) is 4.44. The topological polar surface area (TPSA) is 40.5 Å². The van der Waals surface area contributed by atoms with Crippen molar-refractivity contribution in [3.63, 3.8) is 0 Å². The molecule has 1 N–H and O–H groups in total. The van der Waals surface area contributed by atoms with Gasteiger partial charge >= 0.3 is 0 Å². The summed E-state index contributed by atoms with van der Waals surface area (Å²) < 4.78 is 0. The smallest absolute Gasteiger partial charge is 0.194 e. The lowest BCUT2D eigenvalue weighted by molar-refractivity contribution is 0.493. The van der Waals surface area contributed by atoms with Crippen LogP contribution in [0.1, 0.15) is 36.6 Å². The number of hydrogen-bond acceptors (Lipinski definition) is 3. The molecule has 0 amide bonds. The number of thiazole rings is 1. The maximum absolute atomic E-state index is 4.69. The average Bonchev–Trinajstić information content (AvgIpc) is 3.05. The Morgan fingerprint density at radius 3 is 2.83 bits per heavy atom. The maximum atomic E-state index is 4.69. The Bertz CT molecular complexity index is 393. The minimum Gasteiger partial charge on any atom is -0.357 e. The molecule has 0 radical (unpaired) electrons. The van der Waals surface area contributed by atoms with Gasteiger partial charge in [-0.2, -0.15) is 0 Å². The first-order valence-electron chi connectivity index (χ1n) is 6.80. The van der Waals surface area contributed by atoms with Gasteiger partial charge in [0.2, 0.25) is 0 Å². The highest BCUT2D eigenvalue weighted by Gasteiger charge is 2.15. The largest absolute Gasteiger partial charge is 0.357 e. The van der Waals surface area contributed by atoms with Crippen LogP contribution in [0.5, 0.6) is 0 Å². The van der Waals surface area contributed by atoms with E-state index in [4.69, 9.17) is 4.99 Å². The third kappa shape index (κ3) is 3.45. The number of nitrogens with one attached hydrogen (secondary N) is 1. The zero-order valence-corrected chi connectivity index (χ0v) is 12.1. The van der Waals surface area contributed by atoms with Gasteiger partial charge in [0, 0.05) is 30.7 Å². The van der Waals surface area contributed by atoms with Crippen LogP contribution < -0.4 is 5.32 Å². The van der Waals surface area contributed by atoms with Gasteiger partial charge in [-0.15, -0.1) is 11.3 Å². The molecular weight excluding hydrogens is 244 g/mol. The Kier molecular flexibility index (Phi) is 4.99. The lowest BCUT2D eigenvalue weighted by Gasteiger charge is -2.20. The minimum absolute atomic E-state index is 0.698. The molecule has 2 rings (SSSR count). The third-order valence-electron chi connectivity index (χ3n) is 3.05. The summed E-state index contributed by atoms with van der Waals surface area (Å²) in [6.07, 6.45) is 5.59. The van der Waals surface area contributed by atoms with Gasteiger partial charge in [-0.1, -0.05) is 6.92 Å². The fraction of sp³-hybridized carbons (Fsp3) is 0.692. The van der Waals surface area contributed by atoms with Crippen molar-refractivity contribution in [2.75, 3.05) is 19.6 Å². The van der Waals surface area contributed by atoms with Gasteiger partial charge in [-0.05, 0) is 26.2 Å². The highest BCUT2D eigenvalue weighted by atomic mass is 32.1. The monoisotopic (exact) mass is 266 g/mol. The molecule has 100 valence electrons. The molecule has 0 unspecified atom stereocenters.